The maximum atomic E-state index is 10.4. The van der Waals surface area contributed by atoms with E-state index in [-0.39, 0.29) is 0 Å². The van der Waals surface area contributed by atoms with Crippen LogP contribution in [0.25, 0.3) is 0 Å². The molecule has 16 nitrogen and oxygen atoms in total. The molecule has 0 spiro atoms. The number of rotatable bonds is 8. The molecule has 10 N–H and O–H groups in total. The largest absolute Gasteiger partial charge is 0.396 e. The van der Waals surface area contributed by atoms with Crippen molar-refractivity contribution >= 4 is 0 Å². The second kappa shape index (κ2) is 11.0. The zero-order valence-electron chi connectivity index (χ0n) is 17.2. The van der Waals surface area contributed by atoms with Gasteiger partial charge in [-0.1, -0.05) is 0 Å². The Hall–Kier alpha value is -0.640. The van der Waals surface area contributed by atoms with Crippen molar-refractivity contribution in [2.45, 2.75) is 73.5 Å². The van der Waals surface area contributed by atoms with Gasteiger partial charge in [-0.25, -0.2) is 0 Å². The monoisotopic (exact) mass is 490 g/mol. The molecular weight excluding hydrogens is 460 g/mol. The highest BCUT2D eigenvalue weighted by Gasteiger charge is 2.58. The SMILES string of the molecule is OCC1O[C@H](O[C@]2(CO[C@@H]3OC(CO)[C@H](O)C(O)C3O)OO[C@@H](O)C2O)C(O)C(CO)[C@@H]1O. The second-order valence-corrected chi connectivity index (χ2v) is 8.01. The van der Waals surface area contributed by atoms with E-state index in [1.807, 2.05) is 0 Å². The van der Waals surface area contributed by atoms with E-state index in [0.717, 1.165) is 0 Å². The minimum atomic E-state index is -2.44. The molecule has 0 aliphatic carbocycles. The fourth-order valence-corrected chi connectivity index (χ4v) is 3.76. The van der Waals surface area contributed by atoms with Crippen LogP contribution in [-0.4, -0.2) is 151 Å². The van der Waals surface area contributed by atoms with Crippen LogP contribution in [0.2, 0.25) is 0 Å². The smallest absolute Gasteiger partial charge is 0.259 e. The van der Waals surface area contributed by atoms with Gasteiger partial charge in [0.2, 0.25) is 6.29 Å². The molecule has 0 amide bonds. The Morgan fingerprint density at radius 1 is 0.667 bits per heavy atom. The second-order valence-electron chi connectivity index (χ2n) is 8.01. The molecule has 3 heterocycles. The molecular formula is C17H30O16. The minimum absolute atomic E-state index is 0.721. The normalized spacial score (nSPS) is 51.1. The third-order valence-corrected chi connectivity index (χ3v) is 5.86. The standard InChI is InChI=1S/C17H30O16/c18-1-5-8(21)6(2-19)30-16(9(5)22)31-17(13(26)14(27)32-33-17)4-28-15-12(25)11(24)10(23)7(3-20)29-15/h5-16,18-27H,1-4H2/t5?,6?,7?,8-,9?,10-,11?,12?,13?,14+,15+,16+,17+/m0/s1. The third kappa shape index (κ3) is 5.16. The first-order valence-corrected chi connectivity index (χ1v) is 10.1. The maximum absolute atomic E-state index is 10.4. The summed E-state index contributed by atoms with van der Waals surface area (Å²) in [6.45, 7) is -3.07. The summed E-state index contributed by atoms with van der Waals surface area (Å²) in [5.74, 6) is -3.67. The summed E-state index contributed by atoms with van der Waals surface area (Å²) in [5.41, 5.74) is 0. The van der Waals surface area contributed by atoms with Gasteiger partial charge in [0.1, 0.15) is 43.2 Å². The van der Waals surface area contributed by atoms with Crippen molar-refractivity contribution in [3.63, 3.8) is 0 Å². The van der Waals surface area contributed by atoms with Gasteiger partial charge in [-0.15, -0.1) is 0 Å². The molecule has 0 aromatic heterocycles. The van der Waals surface area contributed by atoms with E-state index in [1.54, 1.807) is 0 Å². The number of hydrogen-bond acceptors (Lipinski definition) is 16. The summed E-state index contributed by atoms with van der Waals surface area (Å²) in [4.78, 5) is 9.40. The van der Waals surface area contributed by atoms with Gasteiger partial charge >= 0.3 is 0 Å². The van der Waals surface area contributed by atoms with Crippen molar-refractivity contribution in [1.29, 1.82) is 0 Å². The average molecular weight is 490 g/mol. The third-order valence-electron chi connectivity index (χ3n) is 5.86. The molecule has 0 radical (unpaired) electrons. The highest BCUT2D eigenvalue weighted by molar-refractivity contribution is 4.93. The van der Waals surface area contributed by atoms with Crippen LogP contribution in [-0.2, 0) is 28.7 Å². The molecule has 3 aliphatic rings. The molecule has 7 unspecified atom stereocenters. The zero-order valence-corrected chi connectivity index (χ0v) is 17.2. The van der Waals surface area contributed by atoms with Crippen molar-refractivity contribution < 1.29 is 79.8 Å². The zero-order chi connectivity index (χ0) is 24.5. The van der Waals surface area contributed by atoms with Gasteiger partial charge in [0.05, 0.1) is 25.9 Å². The fraction of sp³-hybridized carbons (Fsp3) is 1.00. The van der Waals surface area contributed by atoms with Crippen LogP contribution in [0.1, 0.15) is 0 Å². The van der Waals surface area contributed by atoms with Gasteiger partial charge in [-0.05, 0) is 0 Å². The summed E-state index contributed by atoms with van der Waals surface area (Å²) in [6, 6.07) is 0. The number of ether oxygens (including phenoxy) is 4. The molecule has 16 heteroatoms. The Kier molecular flexibility index (Phi) is 8.95. The Balaban J connectivity index is 1.77. The van der Waals surface area contributed by atoms with Crippen molar-refractivity contribution in [1.82, 2.24) is 0 Å². The lowest BCUT2D eigenvalue weighted by molar-refractivity contribution is -0.454. The van der Waals surface area contributed by atoms with Crippen LogP contribution >= 0.6 is 0 Å². The fourth-order valence-electron chi connectivity index (χ4n) is 3.76. The van der Waals surface area contributed by atoms with Crippen LogP contribution in [0.3, 0.4) is 0 Å². The highest BCUT2D eigenvalue weighted by atomic mass is 17.3. The summed E-state index contributed by atoms with van der Waals surface area (Å²) in [7, 11) is 0. The van der Waals surface area contributed by atoms with Crippen molar-refractivity contribution in [3.05, 3.63) is 0 Å². The molecule has 33 heavy (non-hydrogen) atoms. The summed E-state index contributed by atoms with van der Waals surface area (Å²) in [6.07, 6.45) is -18.4. The van der Waals surface area contributed by atoms with Gasteiger partial charge in [0.15, 0.2) is 18.7 Å². The molecule has 0 aromatic carbocycles. The molecule has 3 saturated heterocycles. The lowest BCUT2D eigenvalue weighted by Gasteiger charge is -2.44. The van der Waals surface area contributed by atoms with E-state index in [4.69, 9.17) is 23.8 Å². The lowest BCUT2D eigenvalue weighted by atomic mass is 9.89. The Labute approximate surface area is 186 Å². The molecule has 13 atom stereocenters. The Bertz CT molecular complexity index is 624. The summed E-state index contributed by atoms with van der Waals surface area (Å²) in [5, 5.41) is 98.7. The number of aliphatic hydroxyl groups is 10. The molecule has 3 fully saturated rings. The highest BCUT2D eigenvalue weighted by Crippen LogP contribution is 2.36. The molecule has 0 bridgehead atoms. The number of aliphatic hydroxyl groups excluding tert-OH is 10. The van der Waals surface area contributed by atoms with Crippen LogP contribution in [0, 0.1) is 5.92 Å². The predicted molar refractivity (Wildman–Crippen MR) is 96.1 cm³/mol. The molecule has 0 saturated carbocycles. The van der Waals surface area contributed by atoms with Crippen LogP contribution in [0.15, 0.2) is 0 Å². The van der Waals surface area contributed by atoms with Gasteiger partial charge < -0.3 is 70.0 Å². The summed E-state index contributed by atoms with van der Waals surface area (Å²) < 4.78 is 21.3. The molecule has 3 rings (SSSR count). The Morgan fingerprint density at radius 3 is 1.82 bits per heavy atom. The van der Waals surface area contributed by atoms with E-state index < -0.39 is 106 Å². The van der Waals surface area contributed by atoms with Crippen LogP contribution < -0.4 is 0 Å². The maximum Gasteiger partial charge on any atom is 0.259 e. The van der Waals surface area contributed by atoms with Crippen LogP contribution in [0.5, 0.6) is 0 Å². The molecule has 0 aromatic rings. The topological polar surface area (TPSA) is 258 Å². The van der Waals surface area contributed by atoms with E-state index in [9.17, 15) is 51.1 Å². The lowest BCUT2D eigenvalue weighted by Crippen LogP contribution is -2.63. The van der Waals surface area contributed by atoms with Crippen molar-refractivity contribution in [3.8, 4) is 0 Å². The van der Waals surface area contributed by atoms with E-state index in [0.29, 0.717) is 0 Å². The van der Waals surface area contributed by atoms with Gasteiger partial charge in [0.25, 0.3) is 5.79 Å². The van der Waals surface area contributed by atoms with Gasteiger partial charge in [0, 0.05) is 5.92 Å². The number of hydrogen-bond donors (Lipinski definition) is 10. The minimum Gasteiger partial charge on any atom is -0.396 e. The van der Waals surface area contributed by atoms with E-state index in [1.165, 1.54) is 0 Å². The van der Waals surface area contributed by atoms with E-state index >= 15 is 0 Å². The van der Waals surface area contributed by atoms with Crippen molar-refractivity contribution in [2.24, 2.45) is 5.92 Å². The predicted octanol–water partition coefficient (Wildman–Crippen LogP) is -6.80. The van der Waals surface area contributed by atoms with Gasteiger partial charge in [-0.2, -0.15) is 9.78 Å². The Morgan fingerprint density at radius 2 is 1.27 bits per heavy atom. The molecule has 194 valence electrons. The molecule has 3 aliphatic heterocycles. The van der Waals surface area contributed by atoms with Crippen LogP contribution in [0.4, 0.5) is 0 Å². The van der Waals surface area contributed by atoms with E-state index in [2.05, 4.69) is 4.89 Å². The first-order chi connectivity index (χ1) is 15.6. The first-order valence-electron chi connectivity index (χ1n) is 10.1. The first kappa shape index (κ1) is 27.0. The quantitative estimate of drug-likeness (QED) is 0.142. The van der Waals surface area contributed by atoms with Gasteiger partial charge in [-0.3, -0.25) is 0 Å². The summed E-state index contributed by atoms with van der Waals surface area (Å²) >= 11 is 0. The average Bonchev–Trinajstić information content (AvgIpc) is 3.08. The van der Waals surface area contributed by atoms with Crippen molar-refractivity contribution in [2.75, 3.05) is 26.4 Å².